The number of ether oxygens (including phenoxy) is 1. The van der Waals surface area contributed by atoms with Gasteiger partial charge in [-0.05, 0) is 30.5 Å². The molecule has 17 heavy (non-hydrogen) atoms. The number of aryl methyl sites for hydroxylation is 1. The quantitative estimate of drug-likeness (QED) is 0.864. The highest BCUT2D eigenvalue weighted by Crippen LogP contribution is 2.27. The van der Waals surface area contributed by atoms with Crippen molar-refractivity contribution in [3.8, 4) is 5.75 Å². The predicted octanol–water partition coefficient (Wildman–Crippen LogP) is 2.85. The van der Waals surface area contributed by atoms with Gasteiger partial charge < -0.3 is 14.3 Å². The molecule has 2 rings (SSSR count). The van der Waals surface area contributed by atoms with Crippen molar-refractivity contribution >= 4 is 16.9 Å². The van der Waals surface area contributed by atoms with Crippen molar-refractivity contribution in [3.63, 3.8) is 0 Å². The van der Waals surface area contributed by atoms with Gasteiger partial charge in [0.05, 0.1) is 13.4 Å². The smallest absolute Gasteiger partial charge is 0.303 e. The Morgan fingerprint density at radius 1 is 1.47 bits per heavy atom. The highest BCUT2D eigenvalue weighted by molar-refractivity contribution is 5.80. The van der Waals surface area contributed by atoms with E-state index in [1.54, 1.807) is 13.4 Å². The van der Waals surface area contributed by atoms with Crippen LogP contribution in [0.4, 0.5) is 0 Å². The molecule has 2 aromatic rings. The van der Waals surface area contributed by atoms with Gasteiger partial charge in [-0.3, -0.25) is 4.79 Å². The normalized spacial score (nSPS) is 10.6. The lowest BCUT2D eigenvalue weighted by Crippen LogP contribution is -1.97. The zero-order chi connectivity index (χ0) is 12.3. The average Bonchev–Trinajstić information content (AvgIpc) is 2.74. The molecule has 0 atom stereocenters. The van der Waals surface area contributed by atoms with Crippen molar-refractivity contribution in [2.24, 2.45) is 0 Å². The summed E-state index contributed by atoms with van der Waals surface area (Å²) in [6.45, 7) is 0. The summed E-state index contributed by atoms with van der Waals surface area (Å²) < 4.78 is 10.6. The maximum absolute atomic E-state index is 10.5. The Balaban J connectivity index is 2.21. The minimum Gasteiger partial charge on any atom is -0.496 e. The highest BCUT2D eigenvalue weighted by atomic mass is 16.5. The Labute approximate surface area is 98.8 Å². The zero-order valence-electron chi connectivity index (χ0n) is 9.60. The maximum atomic E-state index is 10.5. The van der Waals surface area contributed by atoms with E-state index in [0.29, 0.717) is 12.8 Å². The van der Waals surface area contributed by atoms with Crippen LogP contribution in [0.3, 0.4) is 0 Å². The van der Waals surface area contributed by atoms with Crippen molar-refractivity contribution in [1.29, 1.82) is 0 Å². The Morgan fingerprint density at radius 2 is 2.29 bits per heavy atom. The van der Waals surface area contributed by atoms with Crippen LogP contribution < -0.4 is 4.74 Å². The van der Waals surface area contributed by atoms with Crippen LogP contribution in [0, 0.1) is 0 Å². The van der Waals surface area contributed by atoms with E-state index in [1.165, 1.54) is 0 Å². The van der Waals surface area contributed by atoms with E-state index < -0.39 is 5.97 Å². The fourth-order valence-corrected chi connectivity index (χ4v) is 1.85. The second-order valence-corrected chi connectivity index (χ2v) is 3.87. The summed E-state index contributed by atoms with van der Waals surface area (Å²) in [6, 6.07) is 5.71. The van der Waals surface area contributed by atoms with Crippen molar-refractivity contribution in [2.45, 2.75) is 19.3 Å². The summed E-state index contributed by atoms with van der Waals surface area (Å²) in [5.41, 5.74) is 1.80. The van der Waals surface area contributed by atoms with E-state index >= 15 is 0 Å². The molecular weight excluding hydrogens is 220 g/mol. The number of hydrogen-bond donors (Lipinski definition) is 1. The average molecular weight is 234 g/mol. The van der Waals surface area contributed by atoms with Gasteiger partial charge in [0.2, 0.25) is 0 Å². The molecule has 0 aliphatic rings. The molecule has 1 aromatic carbocycles. The molecule has 1 N–H and O–H groups in total. The Hall–Kier alpha value is -1.97. The zero-order valence-corrected chi connectivity index (χ0v) is 9.60. The SMILES string of the molecule is COc1cc2occc2cc1CCCC(=O)O. The van der Waals surface area contributed by atoms with Crippen molar-refractivity contribution in [2.75, 3.05) is 7.11 Å². The van der Waals surface area contributed by atoms with Gasteiger partial charge in [0.15, 0.2) is 0 Å². The molecular formula is C13H14O4. The number of hydrogen-bond acceptors (Lipinski definition) is 3. The molecule has 0 unspecified atom stereocenters. The number of carbonyl (C=O) groups is 1. The molecule has 0 saturated carbocycles. The first-order valence-electron chi connectivity index (χ1n) is 5.46. The fourth-order valence-electron chi connectivity index (χ4n) is 1.85. The third-order valence-electron chi connectivity index (χ3n) is 2.69. The second kappa shape index (κ2) is 4.91. The summed E-state index contributed by atoms with van der Waals surface area (Å²) in [6.07, 6.45) is 3.10. The lowest BCUT2D eigenvalue weighted by molar-refractivity contribution is -0.137. The molecule has 1 heterocycles. The van der Waals surface area contributed by atoms with Crippen LogP contribution in [0.2, 0.25) is 0 Å². The molecule has 0 aliphatic heterocycles. The number of rotatable bonds is 5. The van der Waals surface area contributed by atoms with Crippen LogP contribution in [0.15, 0.2) is 28.9 Å². The lowest BCUT2D eigenvalue weighted by Gasteiger charge is -2.07. The van der Waals surface area contributed by atoms with E-state index in [0.717, 1.165) is 22.3 Å². The van der Waals surface area contributed by atoms with Crippen LogP contribution in [-0.2, 0) is 11.2 Å². The minimum atomic E-state index is -0.770. The summed E-state index contributed by atoms with van der Waals surface area (Å²) in [7, 11) is 1.60. The molecule has 0 spiro atoms. The van der Waals surface area contributed by atoms with E-state index in [-0.39, 0.29) is 6.42 Å². The van der Waals surface area contributed by atoms with Gasteiger partial charge in [0.1, 0.15) is 11.3 Å². The van der Waals surface area contributed by atoms with Gasteiger partial charge >= 0.3 is 5.97 Å². The molecule has 4 heteroatoms. The van der Waals surface area contributed by atoms with Crippen molar-refractivity contribution in [1.82, 2.24) is 0 Å². The summed E-state index contributed by atoms with van der Waals surface area (Å²) >= 11 is 0. The van der Waals surface area contributed by atoms with Gasteiger partial charge in [0, 0.05) is 17.9 Å². The number of fused-ring (bicyclic) bond motifs is 1. The number of aliphatic carboxylic acids is 1. The van der Waals surface area contributed by atoms with Crippen LogP contribution in [-0.4, -0.2) is 18.2 Å². The number of carboxylic acid groups (broad SMARTS) is 1. The van der Waals surface area contributed by atoms with Crippen LogP contribution in [0.1, 0.15) is 18.4 Å². The Bertz CT molecular complexity index is 527. The third-order valence-corrected chi connectivity index (χ3v) is 2.69. The molecule has 1 aromatic heterocycles. The van der Waals surface area contributed by atoms with E-state index in [2.05, 4.69) is 0 Å². The number of furan rings is 1. The van der Waals surface area contributed by atoms with Gasteiger partial charge in [-0.25, -0.2) is 0 Å². The highest BCUT2D eigenvalue weighted by Gasteiger charge is 2.08. The van der Waals surface area contributed by atoms with Gasteiger partial charge in [-0.2, -0.15) is 0 Å². The van der Waals surface area contributed by atoms with E-state index in [4.69, 9.17) is 14.3 Å². The molecule has 0 aliphatic carbocycles. The summed E-state index contributed by atoms with van der Waals surface area (Å²) in [5, 5.41) is 9.62. The topological polar surface area (TPSA) is 59.7 Å². The molecule has 0 amide bonds. The predicted molar refractivity (Wildman–Crippen MR) is 63.3 cm³/mol. The third kappa shape index (κ3) is 2.58. The fraction of sp³-hybridized carbons (Fsp3) is 0.308. The first kappa shape index (κ1) is 11.5. The largest absolute Gasteiger partial charge is 0.496 e. The molecule has 4 nitrogen and oxygen atoms in total. The molecule has 0 radical (unpaired) electrons. The van der Waals surface area contributed by atoms with Crippen LogP contribution in [0.5, 0.6) is 5.75 Å². The standard InChI is InChI=1S/C13H14O4/c1-16-11-8-12-10(5-6-17-12)7-9(11)3-2-4-13(14)15/h5-8H,2-4H2,1H3,(H,14,15). The summed E-state index contributed by atoms with van der Waals surface area (Å²) in [5.74, 6) is -0.0220. The molecule has 0 fully saturated rings. The van der Waals surface area contributed by atoms with Gasteiger partial charge in [-0.1, -0.05) is 0 Å². The number of carboxylic acids is 1. The molecule has 0 bridgehead atoms. The monoisotopic (exact) mass is 234 g/mol. The summed E-state index contributed by atoms with van der Waals surface area (Å²) in [4.78, 5) is 10.5. The Kier molecular flexibility index (Phi) is 3.32. The second-order valence-electron chi connectivity index (χ2n) is 3.87. The first-order valence-corrected chi connectivity index (χ1v) is 5.46. The van der Waals surface area contributed by atoms with Gasteiger partial charge in [0.25, 0.3) is 0 Å². The van der Waals surface area contributed by atoms with Crippen LogP contribution in [0.25, 0.3) is 11.0 Å². The number of methoxy groups -OCH3 is 1. The van der Waals surface area contributed by atoms with E-state index in [9.17, 15) is 4.79 Å². The maximum Gasteiger partial charge on any atom is 0.303 e. The first-order chi connectivity index (χ1) is 8.20. The lowest BCUT2D eigenvalue weighted by atomic mass is 10.1. The Morgan fingerprint density at radius 3 is 3.00 bits per heavy atom. The van der Waals surface area contributed by atoms with Crippen molar-refractivity contribution < 1.29 is 19.1 Å². The van der Waals surface area contributed by atoms with Crippen molar-refractivity contribution in [3.05, 3.63) is 30.0 Å². The number of benzene rings is 1. The minimum absolute atomic E-state index is 0.173. The molecule has 90 valence electrons. The molecule has 0 saturated heterocycles. The van der Waals surface area contributed by atoms with E-state index in [1.807, 2.05) is 18.2 Å². The van der Waals surface area contributed by atoms with Gasteiger partial charge in [-0.15, -0.1) is 0 Å². The van der Waals surface area contributed by atoms with Crippen LogP contribution >= 0.6 is 0 Å².